The Morgan fingerprint density at radius 1 is 1.33 bits per heavy atom. The Hall–Kier alpha value is -1.36. The Kier molecular flexibility index (Phi) is 6.89. The highest BCUT2D eigenvalue weighted by atomic mass is 79.9. The number of nitrogens with one attached hydrogen (secondary N) is 1. The molecule has 2 N–H and O–H groups in total. The zero-order chi connectivity index (χ0) is 16.0. The molecule has 1 amide bonds. The maximum atomic E-state index is 12.2. The van der Waals surface area contributed by atoms with E-state index in [1.807, 2.05) is 19.1 Å². The van der Waals surface area contributed by atoms with Crippen LogP contribution >= 0.6 is 15.9 Å². The molecule has 0 heterocycles. The number of hydrogen-bond acceptors (Lipinski definition) is 2. The number of carboxylic acids is 1. The lowest BCUT2D eigenvalue weighted by Gasteiger charge is -2.18. The number of hydrogen-bond donors (Lipinski definition) is 2. The van der Waals surface area contributed by atoms with Crippen molar-refractivity contribution in [2.45, 2.75) is 33.6 Å². The average molecular weight is 356 g/mol. The van der Waals surface area contributed by atoms with Crippen LogP contribution in [0.5, 0.6) is 0 Å². The minimum absolute atomic E-state index is 0.0427. The predicted octanol–water partition coefficient (Wildman–Crippen LogP) is 3.62. The highest BCUT2D eigenvalue weighted by Crippen LogP contribution is 2.20. The van der Waals surface area contributed by atoms with Crippen molar-refractivity contribution in [2.24, 2.45) is 11.8 Å². The van der Waals surface area contributed by atoms with Crippen molar-refractivity contribution in [2.75, 3.05) is 6.54 Å². The lowest BCUT2D eigenvalue weighted by Crippen LogP contribution is -2.31. The van der Waals surface area contributed by atoms with Gasteiger partial charge >= 0.3 is 5.97 Å². The second kappa shape index (κ2) is 8.17. The Morgan fingerprint density at radius 2 is 2.00 bits per heavy atom. The van der Waals surface area contributed by atoms with Gasteiger partial charge in [-0.1, -0.05) is 35.8 Å². The van der Waals surface area contributed by atoms with E-state index in [-0.39, 0.29) is 18.2 Å². The molecule has 21 heavy (non-hydrogen) atoms. The van der Waals surface area contributed by atoms with Gasteiger partial charge in [-0.2, -0.15) is 0 Å². The fraction of sp³-hybridized carbons (Fsp3) is 0.500. The van der Waals surface area contributed by atoms with Gasteiger partial charge in [-0.15, -0.1) is 0 Å². The third-order valence-electron chi connectivity index (χ3n) is 3.33. The van der Waals surface area contributed by atoms with Crippen LogP contribution in [-0.4, -0.2) is 23.5 Å². The Labute approximate surface area is 134 Å². The molecule has 0 aliphatic rings. The first-order valence-corrected chi connectivity index (χ1v) is 7.85. The molecule has 1 aromatic carbocycles. The average Bonchev–Trinajstić information content (AvgIpc) is 2.37. The van der Waals surface area contributed by atoms with Crippen molar-refractivity contribution >= 4 is 27.8 Å². The van der Waals surface area contributed by atoms with E-state index in [1.165, 1.54) is 0 Å². The van der Waals surface area contributed by atoms with E-state index >= 15 is 0 Å². The second-order valence-electron chi connectivity index (χ2n) is 5.72. The molecular weight excluding hydrogens is 334 g/mol. The number of amides is 1. The topological polar surface area (TPSA) is 66.4 Å². The van der Waals surface area contributed by atoms with Crippen molar-refractivity contribution in [1.29, 1.82) is 0 Å². The van der Waals surface area contributed by atoms with Crippen LogP contribution in [0.1, 0.15) is 42.6 Å². The molecular formula is C16H22BrNO3. The van der Waals surface area contributed by atoms with Gasteiger partial charge in [0.15, 0.2) is 0 Å². The molecule has 0 unspecified atom stereocenters. The number of benzene rings is 1. The number of aliphatic carboxylic acids is 1. The second-order valence-corrected chi connectivity index (χ2v) is 6.57. The molecule has 0 aliphatic carbocycles. The summed E-state index contributed by atoms with van der Waals surface area (Å²) in [5.74, 6) is -0.626. The lowest BCUT2D eigenvalue weighted by atomic mass is 9.94. The van der Waals surface area contributed by atoms with Gasteiger partial charge in [-0.3, -0.25) is 9.59 Å². The van der Waals surface area contributed by atoms with Crippen LogP contribution in [0.3, 0.4) is 0 Å². The van der Waals surface area contributed by atoms with Crippen LogP contribution in [-0.2, 0) is 4.79 Å². The Balaban J connectivity index is 2.68. The molecule has 0 saturated carbocycles. The fourth-order valence-electron chi connectivity index (χ4n) is 2.34. The zero-order valence-electron chi connectivity index (χ0n) is 12.6. The summed E-state index contributed by atoms with van der Waals surface area (Å²) in [6.07, 6.45) is 0.861. The minimum Gasteiger partial charge on any atom is -0.481 e. The monoisotopic (exact) mass is 355 g/mol. The van der Waals surface area contributed by atoms with Crippen molar-refractivity contribution in [3.8, 4) is 0 Å². The van der Waals surface area contributed by atoms with Crippen LogP contribution in [0.25, 0.3) is 0 Å². The van der Waals surface area contributed by atoms with Gasteiger partial charge in [0, 0.05) is 23.0 Å². The third kappa shape index (κ3) is 5.87. The van der Waals surface area contributed by atoms with Gasteiger partial charge in [-0.25, -0.2) is 0 Å². The maximum absolute atomic E-state index is 12.2. The van der Waals surface area contributed by atoms with E-state index < -0.39 is 5.97 Å². The summed E-state index contributed by atoms with van der Waals surface area (Å²) in [7, 11) is 0. The number of carbonyl (C=O) groups excluding carboxylic acids is 1. The van der Waals surface area contributed by atoms with Crippen LogP contribution in [0, 0.1) is 18.8 Å². The van der Waals surface area contributed by atoms with Gasteiger partial charge in [0.1, 0.15) is 0 Å². The molecule has 5 heteroatoms. The largest absolute Gasteiger partial charge is 0.481 e. The summed E-state index contributed by atoms with van der Waals surface area (Å²) < 4.78 is 0.888. The molecule has 0 fully saturated rings. The number of carbonyl (C=O) groups is 2. The summed E-state index contributed by atoms with van der Waals surface area (Å²) in [6.45, 7) is 6.36. The molecule has 0 aromatic heterocycles. The van der Waals surface area contributed by atoms with Gasteiger partial charge in [-0.05, 0) is 42.9 Å². The SMILES string of the molecule is Cc1c(Br)cccc1C(=O)NC[C@H](CC(=O)O)CC(C)C. The molecule has 116 valence electrons. The van der Waals surface area contributed by atoms with Crippen LogP contribution in [0.2, 0.25) is 0 Å². The van der Waals surface area contributed by atoms with Gasteiger partial charge < -0.3 is 10.4 Å². The van der Waals surface area contributed by atoms with E-state index in [0.717, 1.165) is 16.5 Å². The van der Waals surface area contributed by atoms with E-state index in [2.05, 4.69) is 35.1 Å². The van der Waals surface area contributed by atoms with Crippen LogP contribution < -0.4 is 5.32 Å². The first kappa shape index (κ1) is 17.7. The summed E-state index contributed by atoms with van der Waals surface area (Å²) >= 11 is 3.40. The predicted molar refractivity (Wildman–Crippen MR) is 86.4 cm³/mol. The van der Waals surface area contributed by atoms with Crippen molar-refractivity contribution in [3.63, 3.8) is 0 Å². The van der Waals surface area contributed by atoms with E-state index in [9.17, 15) is 9.59 Å². The molecule has 0 spiro atoms. The van der Waals surface area contributed by atoms with E-state index in [0.29, 0.717) is 18.0 Å². The molecule has 1 aromatic rings. The smallest absolute Gasteiger partial charge is 0.303 e. The first-order chi connectivity index (χ1) is 9.81. The first-order valence-electron chi connectivity index (χ1n) is 7.06. The molecule has 1 rings (SSSR count). The number of halogens is 1. The summed E-state index contributed by atoms with van der Waals surface area (Å²) in [4.78, 5) is 23.1. The molecule has 0 radical (unpaired) electrons. The Bertz CT molecular complexity index is 514. The summed E-state index contributed by atoms with van der Waals surface area (Å²) in [6, 6.07) is 5.47. The van der Waals surface area contributed by atoms with E-state index in [1.54, 1.807) is 6.07 Å². The standard InChI is InChI=1S/C16H22BrNO3/c1-10(2)7-12(8-15(19)20)9-18-16(21)13-5-4-6-14(17)11(13)3/h4-6,10,12H,7-9H2,1-3H3,(H,18,21)(H,19,20)/t12-/m0/s1. The maximum Gasteiger partial charge on any atom is 0.303 e. The third-order valence-corrected chi connectivity index (χ3v) is 4.19. The quantitative estimate of drug-likeness (QED) is 0.784. The van der Waals surface area contributed by atoms with Gasteiger partial charge in [0.05, 0.1) is 0 Å². The van der Waals surface area contributed by atoms with Crippen LogP contribution in [0.4, 0.5) is 0 Å². The minimum atomic E-state index is -0.825. The molecule has 0 saturated heterocycles. The molecule has 0 aliphatic heterocycles. The summed E-state index contributed by atoms with van der Waals surface area (Å²) in [5.41, 5.74) is 1.50. The molecule has 0 bridgehead atoms. The fourth-order valence-corrected chi connectivity index (χ4v) is 2.70. The normalized spacial score (nSPS) is 12.2. The Morgan fingerprint density at radius 3 is 2.57 bits per heavy atom. The van der Waals surface area contributed by atoms with Gasteiger partial charge in [0.25, 0.3) is 5.91 Å². The van der Waals surface area contributed by atoms with E-state index in [4.69, 9.17) is 5.11 Å². The number of carboxylic acid groups (broad SMARTS) is 1. The highest BCUT2D eigenvalue weighted by Gasteiger charge is 2.17. The van der Waals surface area contributed by atoms with Crippen molar-refractivity contribution in [1.82, 2.24) is 5.32 Å². The summed E-state index contributed by atoms with van der Waals surface area (Å²) in [5, 5.41) is 11.8. The van der Waals surface area contributed by atoms with Gasteiger partial charge in [0.2, 0.25) is 0 Å². The van der Waals surface area contributed by atoms with Crippen LogP contribution in [0.15, 0.2) is 22.7 Å². The molecule has 1 atom stereocenters. The molecule has 4 nitrogen and oxygen atoms in total. The zero-order valence-corrected chi connectivity index (χ0v) is 14.2. The lowest BCUT2D eigenvalue weighted by molar-refractivity contribution is -0.138. The van der Waals surface area contributed by atoms with Crippen molar-refractivity contribution < 1.29 is 14.7 Å². The van der Waals surface area contributed by atoms with Crippen molar-refractivity contribution in [3.05, 3.63) is 33.8 Å². The number of rotatable bonds is 7. The highest BCUT2D eigenvalue weighted by molar-refractivity contribution is 9.10.